The average molecular weight is 357 g/mol. The fourth-order valence-electron chi connectivity index (χ4n) is 2.84. The number of urea groups is 1. The van der Waals surface area contributed by atoms with Gasteiger partial charge in [-0.05, 0) is 47.5 Å². The number of ether oxygens (including phenoxy) is 2. The van der Waals surface area contributed by atoms with E-state index < -0.39 is 12.2 Å². The molecule has 0 heterocycles. The number of carbonyl (C=O) groups is 2. The van der Waals surface area contributed by atoms with E-state index >= 15 is 0 Å². The van der Waals surface area contributed by atoms with Gasteiger partial charge in [0, 0.05) is 18.6 Å². The number of alkyl carbamates (subject to hydrolysis) is 1. The summed E-state index contributed by atoms with van der Waals surface area (Å²) >= 11 is 0. The van der Waals surface area contributed by atoms with E-state index in [-0.39, 0.29) is 24.2 Å². The average Bonchev–Trinajstić information content (AvgIpc) is 3.02. The highest BCUT2D eigenvalue weighted by molar-refractivity contribution is 5.74. The van der Waals surface area contributed by atoms with Crippen molar-refractivity contribution in [1.29, 1.82) is 0 Å². The topological polar surface area (TPSA) is 79.9 Å². The molecule has 7 heteroatoms. The lowest BCUT2D eigenvalue weighted by Crippen LogP contribution is -2.50. The van der Waals surface area contributed by atoms with E-state index in [4.69, 9.17) is 9.47 Å². The molecular weight excluding hydrogens is 322 g/mol. The van der Waals surface area contributed by atoms with E-state index in [0.717, 1.165) is 12.8 Å². The highest BCUT2D eigenvalue weighted by Gasteiger charge is 2.26. The molecule has 1 atom stereocenters. The number of hydrogen-bond acceptors (Lipinski definition) is 4. The van der Waals surface area contributed by atoms with Crippen LogP contribution in [0.5, 0.6) is 0 Å². The fraction of sp³-hybridized carbons (Fsp3) is 0.889. The van der Waals surface area contributed by atoms with Crippen molar-refractivity contribution < 1.29 is 19.1 Å². The summed E-state index contributed by atoms with van der Waals surface area (Å²) in [6.45, 7) is 10.7. The molecule has 0 aliphatic heterocycles. The first-order chi connectivity index (χ1) is 11.8. The summed E-state index contributed by atoms with van der Waals surface area (Å²) in [6, 6.07) is -0.165. The maximum Gasteiger partial charge on any atom is 0.407 e. The summed E-state index contributed by atoms with van der Waals surface area (Å²) in [5, 5.41) is 5.53. The van der Waals surface area contributed by atoms with Crippen molar-refractivity contribution in [2.75, 3.05) is 19.7 Å². The molecule has 146 valence electrons. The first-order valence-electron chi connectivity index (χ1n) is 9.46. The van der Waals surface area contributed by atoms with Crippen LogP contribution in [0.25, 0.3) is 0 Å². The molecule has 0 spiro atoms. The second-order valence-electron chi connectivity index (χ2n) is 7.15. The van der Waals surface area contributed by atoms with Gasteiger partial charge in [-0.15, -0.1) is 0 Å². The van der Waals surface area contributed by atoms with Crippen LogP contribution < -0.4 is 10.6 Å². The molecule has 3 amide bonds. The van der Waals surface area contributed by atoms with Crippen LogP contribution in [0, 0.1) is 0 Å². The van der Waals surface area contributed by atoms with Gasteiger partial charge in [-0.1, -0.05) is 12.8 Å². The predicted octanol–water partition coefficient (Wildman–Crippen LogP) is 2.89. The highest BCUT2D eigenvalue weighted by atomic mass is 16.6. The maximum absolute atomic E-state index is 12.3. The van der Waals surface area contributed by atoms with Crippen LogP contribution in [0.1, 0.15) is 60.3 Å². The predicted molar refractivity (Wildman–Crippen MR) is 97.7 cm³/mol. The molecule has 0 saturated heterocycles. The van der Waals surface area contributed by atoms with Crippen LogP contribution in [-0.2, 0) is 9.47 Å². The van der Waals surface area contributed by atoms with Crippen LogP contribution >= 0.6 is 0 Å². The summed E-state index contributed by atoms with van der Waals surface area (Å²) in [5.74, 6) is 0. The Kier molecular flexibility index (Phi) is 9.63. The Morgan fingerprint density at radius 2 is 1.80 bits per heavy atom. The van der Waals surface area contributed by atoms with Crippen molar-refractivity contribution in [3.8, 4) is 0 Å². The Morgan fingerprint density at radius 3 is 2.32 bits per heavy atom. The van der Waals surface area contributed by atoms with Crippen molar-refractivity contribution >= 4 is 12.1 Å². The van der Waals surface area contributed by atoms with Gasteiger partial charge in [-0.3, -0.25) is 0 Å². The minimum absolute atomic E-state index is 0.00251. The third kappa shape index (κ3) is 8.43. The van der Waals surface area contributed by atoms with Crippen molar-refractivity contribution in [3.05, 3.63) is 0 Å². The molecule has 0 aromatic carbocycles. The SMILES string of the molecule is CCNC(=O)N(CC(COC1CCCC1)OC(=O)NC(C)C)C(C)C. The number of rotatable bonds is 9. The van der Waals surface area contributed by atoms with Gasteiger partial charge in [-0.25, -0.2) is 9.59 Å². The largest absolute Gasteiger partial charge is 0.442 e. The first-order valence-corrected chi connectivity index (χ1v) is 9.46. The summed E-state index contributed by atoms with van der Waals surface area (Å²) < 4.78 is 11.5. The minimum Gasteiger partial charge on any atom is -0.442 e. The molecule has 0 aromatic heterocycles. The van der Waals surface area contributed by atoms with E-state index in [2.05, 4.69) is 10.6 Å². The molecule has 1 saturated carbocycles. The quantitative estimate of drug-likeness (QED) is 0.665. The molecule has 1 fully saturated rings. The van der Waals surface area contributed by atoms with E-state index in [9.17, 15) is 9.59 Å². The van der Waals surface area contributed by atoms with E-state index in [1.165, 1.54) is 12.8 Å². The molecule has 0 aromatic rings. The van der Waals surface area contributed by atoms with E-state index in [0.29, 0.717) is 19.7 Å². The standard InChI is InChI=1S/C18H35N3O4/c1-6-19-17(22)21(14(4)5)11-16(25-18(23)20-13(2)3)12-24-15-9-7-8-10-15/h13-16H,6-12H2,1-5H3,(H,19,22)(H,20,23). The third-order valence-electron chi connectivity index (χ3n) is 4.11. The zero-order valence-electron chi connectivity index (χ0n) is 16.3. The van der Waals surface area contributed by atoms with Gasteiger partial charge in [-0.2, -0.15) is 0 Å². The molecule has 1 unspecified atom stereocenters. The molecule has 7 nitrogen and oxygen atoms in total. The zero-order chi connectivity index (χ0) is 18.8. The Labute approximate surface area is 151 Å². The lowest BCUT2D eigenvalue weighted by Gasteiger charge is -2.31. The highest BCUT2D eigenvalue weighted by Crippen LogP contribution is 2.21. The number of hydrogen-bond donors (Lipinski definition) is 2. The number of carbonyl (C=O) groups excluding carboxylic acids is 2. The van der Waals surface area contributed by atoms with Gasteiger partial charge in [0.15, 0.2) is 0 Å². The van der Waals surface area contributed by atoms with E-state index in [1.54, 1.807) is 4.90 Å². The summed E-state index contributed by atoms with van der Waals surface area (Å²) in [7, 11) is 0. The fourth-order valence-corrected chi connectivity index (χ4v) is 2.84. The van der Waals surface area contributed by atoms with Crippen LogP contribution in [0.15, 0.2) is 0 Å². The second-order valence-corrected chi connectivity index (χ2v) is 7.15. The smallest absolute Gasteiger partial charge is 0.407 e. The number of amides is 3. The summed E-state index contributed by atoms with van der Waals surface area (Å²) in [6.07, 6.45) is 3.72. The lowest BCUT2D eigenvalue weighted by atomic mass is 10.2. The zero-order valence-corrected chi connectivity index (χ0v) is 16.3. The monoisotopic (exact) mass is 357 g/mol. The van der Waals surface area contributed by atoms with Gasteiger partial charge in [0.05, 0.1) is 19.3 Å². The van der Waals surface area contributed by atoms with Crippen molar-refractivity contribution in [2.45, 2.75) is 84.6 Å². The molecule has 25 heavy (non-hydrogen) atoms. The Morgan fingerprint density at radius 1 is 1.16 bits per heavy atom. The van der Waals surface area contributed by atoms with Crippen LogP contribution in [0.4, 0.5) is 9.59 Å². The van der Waals surface area contributed by atoms with Crippen molar-refractivity contribution in [2.24, 2.45) is 0 Å². The Balaban J connectivity index is 2.68. The maximum atomic E-state index is 12.3. The number of nitrogens with zero attached hydrogens (tertiary/aromatic N) is 1. The third-order valence-corrected chi connectivity index (χ3v) is 4.11. The van der Waals surface area contributed by atoms with Gasteiger partial charge < -0.3 is 25.0 Å². The molecule has 0 bridgehead atoms. The lowest BCUT2D eigenvalue weighted by molar-refractivity contribution is -0.0250. The molecule has 2 N–H and O–H groups in total. The van der Waals surface area contributed by atoms with Gasteiger partial charge in [0.25, 0.3) is 0 Å². The second kappa shape index (κ2) is 11.2. The van der Waals surface area contributed by atoms with Crippen LogP contribution in [0.2, 0.25) is 0 Å². The van der Waals surface area contributed by atoms with Gasteiger partial charge in [0.2, 0.25) is 0 Å². The first kappa shape index (κ1) is 21.5. The van der Waals surface area contributed by atoms with Crippen molar-refractivity contribution in [3.63, 3.8) is 0 Å². The van der Waals surface area contributed by atoms with Crippen molar-refractivity contribution in [1.82, 2.24) is 15.5 Å². The molecule has 1 aliphatic rings. The van der Waals surface area contributed by atoms with Gasteiger partial charge >= 0.3 is 12.1 Å². The number of nitrogens with one attached hydrogen (secondary N) is 2. The Hall–Kier alpha value is -1.50. The summed E-state index contributed by atoms with van der Waals surface area (Å²) in [4.78, 5) is 25.9. The molecule has 0 radical (unpaired) electrons. The van der Waals surface area contributed by atoms with E-state index in [1.807, 2.05) is 34.6 Å². The molecule has 1 aliphatic carbocycles. The molecular formula is C18H35N3O4. The summed E-state index contributed by atoms with van der Waals surface area (Å²) in [5.41, 5.74) is 0. The minimum atomic E-state index is -0.496. The Bertz CT molecular complexity index is 409. The molecule has 1 rings (SSSR count). The van der Waals surface area contributed by atoms with Crippen LogP contribution in [-0.4, -0.2) is 61.0 Å². The van der Waals surface area contributed by atoms with Gasteiger partial charge in [0.1, 0.15) is 6.10 Å². The van der Waals surface area contributed by atoms with Crippen LogP contribution in [0.3, 0.4) is 0 Å². The normalized spacial score (nSPS) is 16.1.